The molecule has 7 nitrogen and oxygen atoms in total. The van der Waals surface area contributed by atoms with Gasteiger partial charge in [-0.25, -0.2) is 9.37 Å². The van der Waals surface area contributed by atoms with Gasteiger partial charge in [0.15, 0.2) is 5.82 Å². The van der Waals surface area contributed by atoms with Crippen molar-refractivity contribution < 1.29 is 4.39 Å². The molecule has 0 atom stereocenters. The molecule has 4 aromatic rings. The second-order valence-electron chi connectivity index (χ2n) is 5.91. The van der Waals surface area contributed by atoms with Crippen molar-refractivity contribution in [2.75, 3.05) is 11.1 Å². The van der Waals surface area contributed by atoms with Gasteiger partial charge in [-0.2, -0.15) is 15.0 Å². The van der Waals surface area contributed by atoms with Gasteiger partial charge in [0.05, 0.1) is 5.52 Å². The Kier molecular flexibility index (Phi) is 3.72. The van der Waals surface area contributed by atoms with Crippen molar-refractivity contribution in [1.82, 2.24) is 24.5 Å². The molecule has 0 bridgehead atoms. The lowest BCUT2D eigenvalue weighted by Crippen LogP contribution is -2.10. The topological polar surface area (TPSA) is 94.5 Å². The Bertz CT molecular complexity index is 1100. The number of nitrogens with zero attached hydrogens (tertiary/aromatic N) is 5. The lowest BCUT2D eigenvalue weighted by atomic mass is 10.2. The smallest absolute Gasteiger partial charge is 0.242 e. The van der Waals surface area contributed by atoms with Crippen LogP contribution >= 0.6 is 0 Å². The molecule has 8 heteroatoms. The number of nitrogen functional groups attached to an aromatic ring is 1. The van der Waals surface area contributed by atoms with Crippen LogP contribution in [0.3, 0.4) is 0 Å². The Morgan fingerprint density at radius 2 is 1.73 bits per heavy atom. The number of hydrogen-bond donors (Lipinski definition) is 2. The number of aryl methyl sites for hydroxylation is 2. The molecular weight excluding hydrogens is 333 g/mol. The first-order chi connectivity index (χ1) is 12.5. The Hall–Kier alpha value is -3.55. The Morgan fingerprint density at radius 3 is 2.50 bits per heavy atom. The van der Waals surface area contributed by atoms with E-state index in [0.717, 1.165) is 11.3 Å². The third-order valence-corrected chi connectivity index (χ3v) is 3.95. The summed E-state index contributed by atoms with van der Waals surface area (Å²) in [5.74, 6) is 0.787. The fraction of sp³-hybridized carbons (Fsp3) is 0.111. The summed E-state index contributed by atoms with van der Waals surface area (Å²) in [4.78, 5) is 17.0. The molecule has 2 aromatic heterocycles. The van der Waals surface area contributed by atoms with Crippen molar-refractivity contribution in [2.24, 2.45) is 0 Å². The van der Waals surface area contributed by atoms with Crippen molar-refractivity contribution in [3.8, 4) is 5.95 Å². The first kappa shape index (κ1) is 15.9. The van der Waals surface area contributed by atoms with Crippen molar-refractivity contribution in [3.63, 3.8) is 0 Å². The normalized spacial score (nSPS) is 11.0. The van der Waals surface area contributed by atoms with E-state index in [0.29, 0.717) is 17.3 Å². The number of halogens is 1. The molecule has 0 spiro atoms. The van der Waals surface area contributed by atoms with E-state index in [4.69, 9.17) is 5.73 Å². The molecule has 0 aliphatic carbocycles. The van der Waals surface area contributed by atoms with Crippen LogP contribution in [-0.4, -0.2) is 24.5 Å². The number of nitrogens with one attached hydrogen (secondary N) is 1. The average Bonchev–Trinajstić information content (AvgIpc) is 2.94. The summed E-state index contributed by atoms with van der Waals surface area (Å²) in [6, 6.07) is 12.5. The number of rotatable bonds is 3. The molecule has 0 saturated heterocycles. The monoisotopic (exact) mass is 349 g/mol. The predicted molar refractivity (Wildman–Crippen MR) is 98.0 cm³/mol. The zero-order valence-electron chi connectivity index (χ0n) is 14.2. The highest BCUT2D eigenvalue weighted by molar-refractivity contribution is 5.78. The maximum absolute atomic E-state index is 14.0. The van der Waals surface area contributed by atoms with E-state index in [2.05, 4.69) is 25.3 Å². The average molecular weight is 349 g/mol. The van der Waals surface area contributed by atoms with E-state index in [-0.39, 0.29) is 17.4 Å². The van der Waals surface area contributed by atoms with E-state index in [1.165, 1.54) is 6.07 Å². The van der Waals surface area contributed by atoms with E-state index in [9.17, 15) is 4.39 Å². The highest BCUT2D eigenvalue weighted by atomic mass is 19.1. The molecule has 26 heavy (non-hydrogen) atoms. The standard InChI is InChI=1S/C18H16FN7/c1-10-6-8-12(9-7-10)22-17-23-16(20)24-18(25-17)26-11(2)21-15-13(19)4-3-5-14(15)26/h3-9H,1-2H3,(H3,20,22,23,24,25). The summed E-state index contributed by atoms with van der Waals surface area (Å²) >= 11 is 0. The van der Waals surface area contributed by atoms with E-state index < -0.39 is 5.82 Å². The quantitative estimate of drug-likeness (QED) is 0.589. The van der Waals surface area contributed by atoms with Crippen LogP contribution in [-0.2, 0) is 0 Å². The van der Waals surface area contributed by atoms with Crippen molar-refractivity contribution in [3.05, 3.63) is 59.7 Å². The fourth-order valence-corrected chi connectivity index (χ4v) is 2.74. The summed E-state index contributed by atoms with van der Waals surface area (Å²) in [5.41, 5.74) is 8.65. The van der Waals surface area contributed by atoms with Crippen LogP contribution in [0.25, 0.3) is 17.0 Å². The zero-order valence-corrected chi connectivity index (χ0v) is 14.2. The Balaban J connectivity index is 1.81. The third kappa shape index (κ3) is 2.81. The SMILES string of the molecule is Cc1ccc(Nc2nc(N)nc(-n3c(C)nc4c(F)cccc43)n2)cc1. The number of fused-ring (bicyclic) bond motifs is 1. The molecule has 0 aliphatic heterocycles. The number of aromatic nitrogens is 5. The highest BCUT2D eigenvalue weighted by Gasteiger charge is 2.16. The largest absolute Gasteiger partial charge is 0.368 e. The number of para-hydroxylation sites is 1. The van der Waals surface area contributed by atoms with Gasteiger partial charge >= 0.3 is 0 Å². The number of nitrogens with two attached hydrogens (primary N) is 1. The maximum Gasteiger partial charge on any atom is 0.242 e. The molecule has 130 valence electrons. The third-order valence-electron chi connectivity index (χ3n) is 3.95. The van der Waals surface area contributed by atoms with Crippen LogP contribution in [0.4, 0.5) is 22.0 Å². The van der Waals surface area contributed by atoms with Gasteiger partial charge in [-0.05, 0) is 38.1 Å². The van der Waals surface area contributed by atoms with Crippen LogP contribution in [0.15, 0.2) is 42.5 Å². The molecule has 0 unspecified atom stereocenters. The van der Waals surface area contributed by atoms with Gasteiger partial charge in [0.2, 0.25) is 17.8 Å². The van der Waals surface area contributed by atoms with Gasteiger partial charge in [-0.1, -0.05) is 23.8 Å². The maximum atomic E-state index is 14.0. The Labute approximate surface area is 148 Å². The molecule has 0 saturated carbocycles. The summed E-state index contributed by atoms with van der Waals surface area (Å²) < 4.78 is 15.7. The Morgan fingerprint density at radius 1 is 0.962 bits per heavy atom. The van der Waals surface area contributed by atoms with Crippen LogP contribution < -0.4 is 11.1 Å². The molecular formula is C18H16FN7. The zero-order chi connectivity index (χ0) is 18.3. The van der Waals surface area contributed by atoms with Crippen LogP contribution in [0.2, 0.25) is 0 Å². The summed E-state index contributed by atoms with van der Waals surface area (Å²) in [5, 5.41) is 3.10. The van der Waals surface area contributed by atoms with E-state index in [1.54, 1.807) is 23.6 Å². The predicted octanol–water partition coefficient (Wildman–Crippen LogP) is 3.29. The lowest BCUT2D eigenvalue weighted by molar-refractivity contribution is 0.637. The van der Waals surface area contributed by atoms with Gasteiger partial charge in [-0.3, -0.25) is 4.57 Å². The highest BCUT2D eigenvalue weighted by Crippen LogP contribution is 2.23. The van der Waals surface area contributed by atoms with Crippen molar-refractivity contribution in [2.45, 2.75) is 13.8 Å². The molecule has 0 fully saturated rings. The number of hydrogen-bond acceptors (Lipinski definition) is 6. The van der Waals surface area contributed by atoms with E-state index in [1.807, 2.05) is 31.2 Å². The molecule has 0 aliphatic rings. The molecule has 2 heterocycles. The number of anilines is 3. The van der Waals surface area contributed by atoms with Crippen molar-refractivity contribution >= 4 is 28.6 Å². The molecule has 0 radical (unpaired) electrons. The minimum Gasteiger partial charge on any atom is -0.368 e. The van der Waals surface area contributed by atoms with Crippen LogP contribution in [0, 0.1) is 19.7 Å². The first-order valence-corrected chi connectivity index (χ1v) is 8.00. The number of imidazole rings is 1. The minimum atomic E-state index is -0.399. The van der Waals surface area contributed by atoms with Gasteiger partial charge in [0.1, 0.15) is 11.3 Å². The molecule has 4 rings (SSSR count). The summed E-state index contributed by atoms with van der Waals surface area (Å²) in [7, 11) is 0. The van der Waals surface area contributed by atoms with E-state index >= 15 is 0 Å². The van der Waals surface area contributed by atoms with Crippen molar-refractivity contribution in [1.29, 1.82) is 0 Å². The second-order valence-corrected chi connectivity index (χ2v) is 5.91. The van der Waals surface area contributed by atoms with Gasteiger partial charge in [0.25, 0.3) is 0 Å². The van der Waals surface area contributed by atoms with Gasteiger partial charge < -0.3 is 11.1 Å². The minimum absolute atomic E-state index is 0.0577. The second kappa shape index (κ2) is 6.07. The molecule has 2 aromatic carbocycles. The molecule has 3 N–H and O–H groups in total. The van der Waals surface area contributed by atoms with Crippen LogP contribution in [0.1, 0.15) is 11.4 Å². The fourth-order valence-electron chi connectivity index (χ4n) is 2.74. The summed E-state index contributed by atoms with van der Waals surface area (Å²) in [6.45, 7) is 3.77. The first-order valence-electron chi connectivity index (χ1n) is 8.00. The van der Waals surface area contributed by atoms with Gasteiger partial charge in [-0.15, -0.1) is 0 Å². The lowest BCUT2D eigenvalue weighted by Gasteiger charge is -2.09. The molecule has 0 amide bonds. The number of benzene rings is 2. The van der Waals surface area contributed by atoms with Crippen LogP contribution in [0.5, 0.6) is 0 Å². The summed E-state index contributed by atoms with van der Waals surface area (Å²) in [6.07, 6.45) is 0. The van der Waals surface area contributed by atoms with Gasteiger partial charge in [0, 0.05) is 5.69 Å².